The van der Waals surface area contributed by atoms with Gasteiger partial charge in [0.25, 0.3) is 5.91 Å². The monoisotopic (exact) mass is 356 g/mol. The van der Waals surface area contributed by atoms with Crippen LogP contribution in [-0.4, -0.2) is 36.3 Å². The van der Waals surface area contributed by atoms with Crippen LogP contribution in [0.4, 0.5) is 4.39 Å². The van der Waals surface area contributed by atoms with Crippen molar-refractivity contribution < 1.29 is 14.0 Å². The number of nitrogens with zero attached hydrogens (tertiary/aromatic N) is 1. The summed E-state index contributed by atoms with van der Waals surface area (Å²) in [6.45, 7) is 3.42. The van der Waals surface area contributed by atoms with E-state index in [2.05, 4.69) is 21.2 Å². The highest BCUT2D eigenvalue weighted by molar-refractivity contribution is 9.10. The zero-order chi connectivity index (χ0) is 15.4. The maximum atomic E-state index is 13.5. The van der Waals surface area contributed by atoms with E-state index < -0.39 is 5.82 Å². The summed E-state index contributed by atoms with van der Waals surface area (Å²) in [7, 11) is 0. The lowest BCUT2D eigenvalue weighted by molar-refractivity contribution is -0.119. The molecule has 1 saturated heterocycles. The van der Waals surface area contributed by atoms with E-state index >= 15 is 0 Å². The smallest absolute Gasteiger partial charge is 0.255 e. The van der Waals surface area contributed by atoms with Crippen LogP contribution >= 0.6 is 15.9 Å². The second-order valence-corrected chi connectivity index (χ2v) is 6.07. The highest BCUT2D eigenvalue weighted by Crippen LogP contribution is 2.24. The van der Waals surface area contributed by atoms with Gasteiger partial charge >= 0.3 is 0 Å². The van der Waals surface area contributed by atoms with Crippen LogP contribution in [0.2, 0.25) is 0 Å². The molecule has 0 aromatic heterocycles. The molecule has 21 heavy (non-hydrogen) atoms. The molecular weight excluding hydrogens is 339 g/mol. The molecular formula is C15H18BrFN2O2. The fourth-order valence-corrected chi connectivity index (χ4v) is 2.90. The van der Waals surface area contributed by atoms with Gasteiger partial charge in [0.05, 0.1) is 10.0 Å². The van der Waals surface area contributed by atoms with Gasteiger partial charge in [-0.15, -0.1) is 0 Å². The predicted molar refractivity (Wildman–Crippen MR) is 81.4 cm³/mol. The Labute approximate surface area is 131 Å². The number of benzene rings is 1. The van der Waals surface area contributed by atoms with Gasteiger partial charge in [0.15, 0.2) is 0 Å². The van der Waals surface area contributed by atoms with Gasteiger partial charge in [0.1, 0.15) is 5.82 Å². The van der Waals surface area contributed by atoms with Crippen LogP contribution in [-0.2, 0) is 4.79 Å². The number of hydrogen-bond donors (Lipinski definition) is 1. The molecule has 6 heteroatoms. The number of carbonyl (C=O) groups is 2. The first-order valence-electron chi connectivity index (χ1n) is 6.96. The Balaban J connectivity index is 1.94. The number of hydrogen-bond acceptors (Lipinski definition) is 2. The van der Waals surface area contributed by atoms with Crippen molar-refractivity contribution in [3.8, 4) is 0 Å². The molecule has 1 N–H and O–H groups in total. The predicted octanol–water partition coefficient (Wildman–Crippen LogP) is 2.58. The Morgan fingerprint density at radius 3 is 2.67 bits per heavy atom. The summed E-state index contributed by atoms with van der Waals surface area (Å²) in [6.07, 6.45) is 1.69. The lowest BCUT2D eigenvalue weighted by atomic mass is 9.96. The topological polar surface area (TPSA) is 49.4 Å². The normalized spacial score (nSPS) is 15.9. The minimum absolute atomic E-state index is 0.0304. The molecule has 0 bridgehead atoms. The Hall–Kier alpha value is -1.43. The van der Waals surface area contributed by atoms with Crippen molar-refractivity contribution in [1.29, 1.82) is 0 Å². The number of nitrogens with one attached hydrogen (secondary N) is 1. The molecule has 114 valence electrons. The summed E-state index contributed by atoms with van der Waals surface area (Å²) in [5.74, 6) is -0.216. The van der Waals surface area contributed by atoms with E-state index in [4.69, 9.17) is 0 Å². The van der Waals surface area contributed by atoms with Gasteiger partial charge in [-0.1, -0.05) is 6.07 Å². The minimum Gasteiger partial charge on any atom is -0.356 e. The Kier molecular flexibility index (Phi) is 5.33. The van der Waals surface area contributed by atoms with Gasteiger partial charge in [-0.2, -0.15) is 0 Å². The van der Waals surface area contributed by atoms with Crippen LogP contribution < -0.4 is 5.32 Å². The van der Waals surface area contributed by atoms with Crippen molar-refractivity contribution in [2.24, 2.45) is 5.92 Å². The molecule has 0 spiro atoms. The summed E-state index contributed by atoms with van der Waals surface area (Å²) in [5.41, 5.74) is 0.357. The summed E-state index contributed by atoms with van der Waals surface area (Å²) in [5, 5.41) is 2.81. The Morgan fingerprint density at radius 2 is 2.05 bits per heavy atom. The second-order valence-electron chi connectivity index (χ2n) is 5.27. The van der Waals surface area contributed by atoms with Crippen LogP contribution in [0.5, 0.6) is 0 Å². The van der Waals surface area contributed by atoms with Gasteiger partial charge in [0, 0.05) is 26.6 Å². The molecule has 0 aliphatic carbocycles. The largest absolute Gasteiger partial charge is 0.356 e. The highest BCUT2D eigenvalue weighted by Gasteiger charge is 2.25. The highest BCUT2D eigenvalue weighted by atomic mass is 79.9. The van der Waals surface area contributed by atoms with E-state index in [1.165, 1.54) is 19.1 Å². The van der Waals surface area contributed by atoms with E-state index in [0.717, 1.165) is 12.8 Å². The molecule has 1 fully saturated rings. The summed E-state index contributed by atoms with van der Waals surface area (Å²) >= 11 is 3.13. The van der Waals surface area contributed by atoms with Crippen LogP contribution in [0.25, 0.3) is 0 Å². The first-order chi connectivity index (χ1) is 9.99. The molecule has 2 amide bonds. The maximum Gasteiger partial charge on any atom is 0.255 e. The number of piperidine rings is 1. The first-order valence-corrected chi connectivity index (χ1v) is 7.76. The third-order valence-corrected chi connectivity index (χ3v) is 4.53. The fraction of sp³-hybridized carbons (Fsp3) is 0.467. The molecule has 0 radical (unpaired) electrons. The van der Waals surface area contributed by atoms with Crippen molar-refractivity contribution in [2.75, 3.05) is 19.6 Å². The quantitative estimate of drug-likeness (QED) is 0.904. The van der Waals surface area contributed by atoms with Crippen LogP contribution in [0, 0.1) is 11.7 Å². The summed E-state index contributed by atoms with van der Waals surface area (Å²) in [4.78, 5) is 25.0. The van der Waals surface area contributed by atoms with Crippen molar-refractivity contribution >= 4 is 27.7 Å². The zero-order valence-electron chi connectivity index (χ0n) is 11.9. The number of amides is 2. The molecule has 2 rings (SSSR count). The average Bonchev–Trinajstić information content (AvgIpc) is 2.48. The molecule has 1 aliphatic heterocycles. The molecule has 4 nitrogen and oxygen atoms in total. The third-order valence-electron chi connectivity index (χ3n) is 3.72. The van der Waals surface area contributed by atoms with E-state index in [1.807, 2.05) is 0 Å². The number of carbonyl (C=O) groups excluding carboxylic acids is 2. The summed E-state index contributed by atoms with van der Waals surface area (Å²) < 4.78 is 13.7. The van der Waals surface area contributed by atoms with Gasteiger partial charge in [-0.3, -0.25) is 9.59 Å². The SMILES string of the molecule is CC(=O)NCC1CCN(C(=O)c2cccc(F)c2Br)CC1. The van der Waals surface area contributed by atoms with E-state index in [0.29, 0.717) is 31.1 Å². The van der Waals surface area contributed by atoms with E-state index in [1.54, 1.807) is 11.0 Å². The fourth-order valence-electron chi connectivity index (χ4n) is 2.47. The van der Waals surface area contributed by atoms with Gasteiger partial charge < -0.3 is 10.2 Å². The molecule has 0 saturated carbocycles. The molecule has 1 aromatic carbocycles. The molecule has 0 unspecified atom stereocenters. The third kappa shape index (κ3) is 4.03. The standard InChI is InChI=1S/C15H18BrFN2O2/c1-10(20)18-9-11-5-7-19(8-6-11)15(21)12-3-2-4-13(17)14(12)16/h2-4,11H,5-9H2,1H3,(H,18,20). The van der Waals surface area contributed by atoms with Crippen molar-refractivity contribution in [3.05, 3.63) is 34.1 Å². The van der Waals surface area contributed by atoms with Crippen molar-refractivity contribution in [3.63, 3.8) is 0 Å². The minimum atomic E-state index is -0.429. The van der Waals surface area contributed by atoms with Crippen LogP contribution in [0.1, 0.15) is 30.1 Å². The van der Waals surface area contributed by atoms with E-state index in [-0.39, 0.29) is 16.3 Å². The number of halogens is 2. The Morgan fingerprint density at radius 1 is 1.38 bits per heavy atom. The van der Waals surface area contributed by atoms with Crippen LogP contribution in [0.15, 0.2) is 22.7 Å². The molecule has 1 aliphatic rings. The van der Waals surface area contributed by atoms with Crippen LogP contribution in [0.3, 0.4) is 0 Å². The maximum absolute atomic E-state index is 13.5. The molecule has 1 heterocycles. The molecule has 0 atom stereocenters. The van der Waals surface area contributed by atoms with E-state index in [9.17, 15) is 14.0 Å². The first kappa shape index (κ1) is 15.9. The van der Waals surface area contributed by atoms with Gasteiger partial charge in [-0.05, 0) is 46.8 Å². The van der Waals surface area contributed by atoms with Gasteiger partial charge in [0.2, 0.25) is 5.91 Å². The number of likely N-dealkylation sites (tertiary alicyclic amines) is 1. The second kappa shape index (κ2) is 7.02. The lowest BCUT2D eigenvalue weighted by Gasteiger charge is -2.32. The molecule has 1 aromatic rings. The van der Waals surface area contributed by atoms with Crippen molar-refractivity contribution in [1.82, 2.24) is 10.2 Å². The van der Waals surface area contributed by atoms with Crippen molar-refractivity contribution in [2.45, 2.75) is 19.8 Å². The zero-order valence-corrected chi connectivity index (χ0v) is 13.5. The van der Waals surface area contributed by atoms with Gasteiger partial charge in [-0.25, -0.2) is 4.39 Å². The lowest BCUT2D eigenvalue weighted by Crippen LogP contribution is -2.41. The average molecular weight is 357 g/mol. The number of rotatable bonds is 3. The Bertz CT molecular complexity index is 542. The summed E-state index contributed by atoms with van der Waals surface area (Å²) in [6, 6.07) is 4.48.